The van der Waals surface area contributed by atoms with Crippen molar-refractivity contribution in [2.45, 2.75) is 5.66 Å². The average molecular weight is 530 g/mol. The normalized spacial score (nSPS) is 14.8. The van der Waals surface area contributed by atoms with Crippen molar-refractivity contribution in [3.8, 4) is 0 Å². The molecule has 31 heavy (non-hydrogen) atoms. The fraction of sp³-hybridized carbons (Fsp3) is 0.0370. The molecule has 0 saturated heterocycles. The lowest BCUT2D eigenvalue weighted by Gasteiger charge is -2.24. The summed E-state index contributed by atoms with van der Waals surface area (Å²) < 4.78 is 2.07. The molecule has 0 aliphatic carbocycles. The molecular formula is C27H18Br2N2. The summed E-state index contributed by atoms with van der Waals surface area (Å²) in [4.78, 5) is 10.7. The van der Waals surface area contributed by atoms with Crippen LogP contribution in [-0.4, -0.2) is 11.4 Å². The third-order valence-corrected chi connectivity index (χ3v) is 6.42. The lowest BCUT2D eigenvalue weighted by atomic mass is 9.92. The Bertz CT molecular complexity index is 1160. The van der Waals surface area contributed by atoms with Crippen LogP contribution in [0.4, 0.5) is 0 Å². The predicted molar refractivity (Wildman–Crippen MR) is 135 cm³/mol. The molecule has 0 spiro atoms. The zero-order valence-corrected chi connectivity index (χ0v) is 19.7. The van der Waals surface area contributed by atoms with Gasteiger partial charge in [-0.25, -0.2) is 9.98 Å². The second kappa shape index (κ2) is 8.37. The summed E-state index contributed by atoms with van der Waals surface area (Å²) in [6.07, 6.45) is 0. The van der Waals surface area contributed by atoms with E-state index in [1.54, 1.807) is 0 Å². The maximum Gasteiger partial charge on any atom is 0.202 e. The third kappa shape index (κ3) is 3.82. The molecular weight excluding hydrogens is 512 g/mol. The van der Waals surface area contributed by atoms with Gasteiger partial charge in [-0.05, 0) is 24.3 Å². The number of nitrogens with zero attached hydrogens (tertiary/aromatic N) is 2. The molecule has 1 aliphatic rings. The Morgan fingerprint density at radius 3 is 1.16 bits per heavy atom. The van der Waals surface area contributed by atoms with Gasteiger partial charge in [0.2, 0.25) is 5.66 Å². The Balaban J connectivity index is 1.79. The highest BCUT2D eigenvalue weighted by Crippen LogP contribution is 2.40. The highest BCUT2D eigenvalue weighted by Gasteiger charge is 2.40. The van der Waals surface area contributed by atoms with Crippen molar-refractivity contribution >= 4 is 43.3 Å². The molecule has 5 rings (SSSR count). The fourth-order valence-corrected chi connectivity index (χ4v) is 4.37. The Morgan fingerprint density at radius 1 is 0.452 bits per heavy atom. The van der Waals surface area contributed by atoms with Gasteiger partial charge in [-0.15, -0.1) is 0 Å². The second-order valence-corrected chi connectivity index (χ2v) is 9.17. The van der Waals surface area contributed by atoms with Gasteiger partial charge < -0.3 is 0 Å². The number of benzene rings is 4. The number of hydrogen-bond acceptors (Lipinski definition) is 2. The number of aliphatic imine (C=N–C) groups is 2. The monoisotopic (exact) mass is 528 g/mol. The van der Waals surface area contributed by atoms with Crippen LogP contribution in [0.25, 0.3) is 0 Å². The van der Waals surface area contributed by atoms with Crippen LogP contribution in [0.5, 0.6) is 0 Å². The highest BCUT2D eigenvalue weighted by molar-refractivity contribution is 9.10. The smallest absolute Gasteiger partial charge is 0.202 e. The maximum atomic E-state index is 5.33. The van der Waals surface area contributed by atoms with E-state index in [0.717, 1.165) is 42.6 Å². The number of hydrogen-bond donors (Lipinski definition) is 0. The number of halogens is 2. The van der Waals surface area contributed by atoms with E-state index in [0.29, 0.717) is 0 Å². The van der Waals surface area contributed by atoms with Crippen molar-refractivity contribution in [3.05, 3.63) is 140 Å². The number of rotatable bonds is 4. The molecule has 0 N–H and O–H groups in total. The molecule has 0 amide bonds. The summed E-state index contributed by atoms with van der Waals surface area (Å²) in [5.41, 5.74) is 5.13. The van der Waals surface area contributed by atoms with Crippen LogP contribution in [0.2, 0.25) is 0 Å². The Hall–Kier alpha value is -2.82. The highest BCUT2D eigenvalue weighted by atomic mass is 79.9. The minimum atomic E-state index is -0.826. The zero-order valence-electron chi connectivity index (χ0n) is 16.5. The minimum absolute atomic E-state index is 0.826. The van der Waals surface area contributed by atoms with Gasteiger partial charge in [-0.2, -0.15) is 0 Å². The van der Waals surface area contributed by atoms with Crippen LogP contribution < -0.4 is 0 Å². The lowest BCUT2D eigenvalue weighted by Crippen LogP contribution is -2.21. The molecule has 0 fully saturated rings. The standard InChI is InChI=1S/C27H18Br2N2/c28-23-15-11-19(12-16-23)25-26(20-13-17-24(29)18-14-20)31-27(30-25,21-7-3-1-4-8-21)22-9-5-2-6-10-22/h1-18H. The van der Waals surface area contributed by atoms with Crippen molar-refractivity contribution in [3.63, 3.8) is 0 Å². The van der Waals surface area contributed by atoms with E-state index < -0.39 is 5.66 Å². The summed E-state index contributed by atoms with van der Waals surface area (Å²) in [5, 5.41) is 0. The lowest BCUT2D eigenvalue weighted by molar-refractivity contribution is 0.589. The zero-order chi connectivity index (χ0) is 21.3. The van der Waals surface area contributed by atoms with Crippen LogP contribution in [0.15, 0.2) is 128 Å². The van der Waals surface area contributed by atoms with Crippen LogP contribution in [0, 0.1) is 0 Å². The van der Waals surface area contributed by atoms with E-state index >= 15 is 0 Å². The molecule has 150 valence electrons. The SMILES string of the molecule is Brc1ccc(C2=NC(c3ccccc3)(c3ccccc3)N=C2c2ccc(Br)cc2)cc1. The van der Waals surface area contributed by atoms with Crippen LogP contribution >= 0.6 is 31.9 Å². The van der Waals surface area contributed by atoms with Crippen molar-refractivity contribution in [1.82, 2.24) is 0 Å². The van der Waals surface area contributed by atoms with Crippen LogP contribution in [-0.2, 0) is 5.66 Å². The van der Waals surface area contributed by atoms with Gasteiger partial charge in [0.25, 0.3) is 0 Å². The van der Waals surface area contributed by atoms with Gasteiger partial charge >= 0.3 is 0 Å². The first kappa shape index (κ1) is 20.1. The fourth-order valence-electron chi connectivity index (χ4n) is 3.84. The molecule has 4 aromatic carbocycles. The quantitative estimate of drug-likeness (QED) is 0.263. The first-order valence-electron chi connectivity index (χ1n) is 9.99. The molecule has 0 unspecified atom stereocenters. The van der Waals surface area contributed by atoms with E-state index in [2.05, 4.69) is 80.4 Å². The molecule has 0 bridgehead atoms. The molecule has 4 heteroatoms. The average Bonchev–Trinajstić information content (AvgIpc) is 3.23. The molecule has 0 atom stereocenters. The van der Waals surface area contributed by atoms with Crippen molar-refractivity contribution in [2.75, 3.05) is 0 Å². The van der Waals surface area contributed by atoms with Crippen molar-refractivity contribution in [2.24, 2.45) is 9.98 Å². The van der Waals surface area contributed by atoms with Gasteiger partial charge in [0.05, 0.1) is 11.4 Å². The van der Waals surface area contributed by atoms with Crippen molar-refractivity contribution in [1.29, 1.82) is 0 Å². The molecule has 1 heterocycles. The van der Waals surface area contributed by atoms with E-state index in [1.807, 2.05) is 60.7 Å². The summed E-state index contributed by atoms with van der Waals surface area (Å²) in [5.74, 6) is 0. The van der Waals surface area contributed by atoms with Crippen LogP contribution in [0.3, 0.4) is 0 Å². The van der Waals surface area contributed by atoms with Gasteiger partial charge in [0.15, 0.2) is 0 Å². The summed E-state index contributed by atoms with van der Waals surface area (Å²) in [7, 11) is 0. The Kier molecular flexibility index (Phi) is 5.43. The molecule has 1 aliphatic heterocycles. The topological polar surface area (TPSA) is 24.7 Å². The molecule has 2 nitrogen and oxygen atoms in total. The van der Waals surface area contributed by atoms with Crippen LogP contribution in [0.1, 0.15) is 22.3 Å². The van der Waals surface area contributed by atoms with Gasteiger partial charge in [-0.1, -0.05) is 117 Å². The van der Waals surface area contributed by atoms with Gasteiger partial charge in [-0.3, -0.25) is 0 Å². The van der Waals surface area contributed by atoms with E-state index in [9.17, 15) is 0 Å². The van der Waals surface area contributed by atoms with Crippen molar-refractivity contribution < 1.29 is 0 Å². The second-order valence-electron chi connectivity index (χ2n) is 7.34. The first-order valence-corrected chi connectivity index (χ1v) is 11.6. The Morgan fingerprint density at radius 2 is 0.806 bits per heavy atom. The van der Waals surface area contributed by atoms with Gasteiger partial charge in [0.1, 0.15) is 0 Å². The van der Waals surface area contributed by atoms with E-state index in [-0.39, 0.29) is 0 Å². The van der Waals surface area contributed by atoms with E-state index in [4.69, 9.17) is 9.98 Å². The van der Waals surface area contributed by atoms with Gasteiger partial charge in [0, 0.05) is 31.2 Å². The summed E-state index contributed by atoms with van der Waals surface area (Å²) >= 11 is 7.09. The Labute approximate surface area is 198 Å². The predicted octanol–water partition coefficient (Wildman–Crippen LogP) is 7.40. The maximum absolute atomic E-state index is 5.33. The largest absolute Gasteiger partial charge is 0.243 e. The van der Waals surface area contributed by atoms with E-state index in [1.165, 1.54) is 0 Å². The third-order valence-electron chi connectivity index (χ3n) is 5.36. The molecule has 0 aromatic heterocycles. The molecule has 0 radical (unpaired) electrons. The molecule has 0 saturated carbocycles. The first-order chi connectivity index (χ1) is 15.2. The summed E-state index contributed by atoms with van der Waals surface area (Å²) in [6.45, 7) is 0. The minimum Gasteiger partial charge on any atom is -0.243 e. The summed E-state index contributed by atoms with van der Waals surface area (Å²) in [6, 6.07) is 37.1. The molecule has 4 aromatic rings.